The highest BCUT2D eigenvalue weighted by molar-refractivity contribution is 6.39. The number of nitrogens with zero attached hydrogens (tertiary/aromatic N) is 2. The summed E-state index contributed by atoms with van der Waals surface area (Å²) in [6.45, 7) is 1.58. The van der Waals surface area contributed by atoms with E-state index in [1.54, 1.807) is 25.1 Å². The number of rotatable bonds is 6. The Morgan fingerprint density at radius 1 is 1.03 bits per heavy atom. The van der Waals surface area contributed by atoms with Crippen molar-refractivity contribution < 1.29 is 27.9 Å². The number of benzene rings is 2. The number of aliphatic carboxylic acids is 1. The van der Waals surface area contributed by atoms with Crippen LogP contribution in [0, 0.1) is 6.92 Å². The minimum Gasteiger partial charge on any atom is -0.480 e. The van der Waals surface area contributed by atoms with Gasteiger partial charge in [0.25, 0.3) is 5.91 Å². The first-order valence-electron chi connectivity index (χ1n) is 10.9. The number of hydrogen-bond acceptors (Lipinski definition) is 4. The zero-order valence-corrected chi connectivity index (χ0v) is 20.6. The van der Waals surface area contributed by atoms with E-state index < -0.39 is 29.7 Å². The predicted molar refractivity (Wildman–Crippen MR) is 134 cm³/mol. The molecule has 0 saturated heterocycles. The molecule has 190 valence electrons. The first-order chi connectivity index (χ1) is 17.5. The molecule has 1 amide bonds. The molecule has 0 aliphatic rings. The fourth-order valence-corrected chi connectivity index (χ4v) is 4.53. The zero-order chi connectivity index (χ0) is 26.9. The second-order valence-corrected chi connectivity index (χ2v) is 9.00. The number of halogens is 5. The lowest BCUT2D eigenvalue weighted by Gasteiger charge is -2.18. The van der Waals surface area contributed by atoms with Gasteiger partial charge in [0.1, 0.15) is 6.04 Å². The van der Waals surface area contributed by atoms with Gasteiger partial charge in [-0.1, -0.05) is 47.5 Å². The van der Waals surface area contributed by atoms with Gasteiger partial charge < -0.3 is 10.4 Å². The Morgan fingerprint density at radius 3 is 2.38 bits per heavy atom. The molecule has 2 aromatic carbocycles. The van der Waals surface area contributed by atoms with Crippen molar-refractivity contribution in [2.24, 2.45) is 0 Å². The molecule has 6 nitrogen and oxygen atoms in total. The van der Waals surface area contributed by atoms with Crippen LogP contribution in [0.4, 0.5) is 13.2 Å². The molecule has 0 radical (unpaired) electrons. The average molecular weight is 548 g/mol. The molecule has 0 bridgehead atoms. The highest BCUT2D eigenvalue weighted by Crippen LogP contribution is 2.39. The van der Waals surface area contributed by atoms with Gasteiger partial charge in [-0.25, -0.2) is 4.79 Å². The van der Waals surface area contributed by atoms with Crippen LogP contribution in [-0.4, -0.2) is 33.0 Å². The largest absolute Gasteiger partial charge is 0.480 e. The van der Waals surface area contributed by atoms with E-state index in [0.717, 1.165) is 6.07 Å². The summed E-state index contributed by atoms with van der Waals surface area (Å²) in [5.74, 6) is -2.10. The second kappa shape index (κ2) is 10.4. The normalized spacial score (nSPS) is 12.4. The molecule has 4 rings (SSSR count). The molecule has 2 N–H and O–H groups in total. The number of carbonyl (C=O) groups is 2. The molecule has 0 saturated carbocycles. The van der Waals surface area contributed by atoms with E-state index >= 15 is 0 Å². The van der Waals surface area contributed by atoms with Crippen LogP contribution < -0.4 is 5.32 Å². The Balaban J connectivity index is 1.76. The number of hydrogen-bond donors (Lipinski definition) is 2. The van der Waals surface area contributed by atoms with Crippen molar-refractivity contribution in [2.75, 3.05) is 0 Å². The maximum atomic E-state index is 13.7. The summed E-state index contributed by atoms with van der Waals surface area (Å²) in [6.07, 6.45) is -3.40. The van der Waals surface area contributed by atoms with E-state index in [9.17, 15) is 27.9 Å². The molecule has 4 aromatic rings. The lowest BCUT2D eigenvalue weighted by molar-refractivity contribution is -0.139. The van der Waals surface area contributed by atoms with Crippen molar-refractivity contribution in [2.45, 2.75) is 25.6 Å². The van der Waals surface area contributed by atoms with Crippen LogP contribution in [0.3, 0.4) is 0 Å². The Bertz CT molecular complexity index is 1510. The van der Waals surface area contributed by atoms with Gasteiger partial charge in [-0.15, -0.1) is 0 Å². The van der Waals surface area contributed by atoms with E-state index in [4.69, 9.17) is 23.2 Å². The first kappa shape index (κ1) is 26.4. The fourth-order valence-electron chi connectivity index (χ4n) is 3.96. The summed E-state index contributed by atoms with van der Waals surface area (Å²) < 4.78 is 41.2. The van der Waals surface area contributed by atoms with Crippen LogP contribution in [-0.2, 0) is 17.4 Å². The van der Waals surface area contributed by atoms with Crippen LogP contribution >= 0.6 is 23.2 Å². The number of carboxylic acids is 1. The SMILES string of the molecule is Cc1ccc(C(F)(F)F)c(-c2ccc(C[C@H](NC(=O)c3c(Cl)cccc3Cl)C(=O)O)c3cccnc23)n1. The summed E-state index contributed by atoms with van der Waals surface area (Å²) in [7, 11) is 0. The minimum atomic E-state index is -4.64. The van der Waals surface area contributed by atoms with Crippen molar-refractivity contribution >= 4 is 46.0 Å². The quantitative estimate of drug-likeness (QED) is 0.293. The van der Waals surface area contributed by atoms with Gasteiger partial charge in [0.15, 0.2) is 0 Å². The van der Waals surface area contributed by atoms with Gasteiger partial charge in [-0.2, -0.15) is 13.2 Å². The van der Waals surface area contributed by atoms with Crippen LogP contribution in [0.25, 0.3) is 22.2 Å². The number of amides is 1. The first-order valence-corrected chi connectivity index (χ1v) is 11.6. The highest BCUT2D eigenvalue weighted by atomic mass is 35.5. The number of nitrogens with one attached hydrogen (secondary N) is 1. The fraction of sp³-hybridized carbons (Fsp3) is 0.154. The van der Waals surface area contributed by atoms with E-state index in [2.05, 4.69) is 15.3 Å². The monoisotopic (exact) mass is 547 g/mol. The molecule has 2 aromatic heterocycles. The van der Waals surface area contributed by atoms with Crippen molar-refractivity contribution in [3.05, 3.63) is 93.2 Å². The molecular weight excluding hydrogens is 530 g/mol. The number of carboxylic acid groups (broad SMARTS) is 1. The summed E-state index contributed by atoms with van der Waals surface area (Å²) in [6, 6.07) is 11.4. The Morgan fingerprint density at radius 2 is 1.73 bits per heavy atom. The molecule has 2 heterocycles. The molecule has 0 aliphatic heterocycles. The lowest BCUT2D eigenvalue weighted by Crippen LogP contribution is -2.42. The van der Waals surface area contributed by atoms with Gasteiger partial charge in [-0.3, -0.25) is 14.8 Å². The molecule has 37 heavy (non-hydrogen) atoms. The topological polar surface area (TPSA) is 92.2 Å². The van der Waals surface area contributed by atoms with Crippen LogP contribution in [0.15, 0.2) is 60.8 Å². The number of aryl methyl sites for hydroxylation is 1. The summed E-state index contributed by atoms with van der Waals surface area (Å²) >= 11 is 12.1. The molecule has 0 fully saturated rings. The number of alkyl halides is 3. The van der Waals surface area contributed by atoms with Gasteiger partial charge in [0.2, 0.25) is 0 Å². The van der Waals surface area contributed by atoms with Crippen molar-refractivity contribution in [3.8, 4) is 11.3 Å². The van der Waals surface area contributed by atoms with Gasteiger partial charge in [0, 0.05) is 29.3 Å². The maximum absolute atomic E-state index is 13.7. The van der Waals surface area contributed by atoms with Gasteiger partial charge >= 0.3 is 12.1 Å². The maximum Gasteiger partial charge on any atom is 0.418 e. The third kappa shape index (κ3) is 5.52. The van der Waals surface area contributed by atoms with E-state index in [0.29, 0.717) is 16.6 Å². The summed E-state index contributed by atoms with van der Waals surface area (Å²) in [5.41, 5.74) is -0.0511. The van der Waals surface area contributed by atoms with Crippen molar-refractivity contribution in [1.29, 1.82) is 0 Å². The Hall–Kier alpha value is -3.69. The standard InChI is InChI=1S/C26H18Cl2F3N3O3/c1-13-7-10-17(26(29,30)31)23(33-13)16-9-8-14(15-4-3-11-32-22(15)16)12-20(25(36)37)34-24(35)21-18(27)5-2-6-19(21)28/h2-11,20H,12H2,1H3,(H,34,35)(H,36,37)/t20-/m0/s1. The lowest BCUT2D eigenvalue weighted by atomic mass is 9.95. The molecule has 0 aliphatic carbocycles. The average Bonchev–Trinajstić information content (AvgIpc) is 2.82. The summed E-state index contributed by atoms with van der Waals surface area (Å²) in [5, 5.41) is 12.8. The van der Waals surface area contributed by atoms with Crippen LogP contribution in [0.5, 0.6) is 0 Å². The Labute approximate surface area is 219 Å². The van der Waals surface area contributed by atoms with Gasteiger partial charge in [0.05, 0.1) is 32.4 Å². The van der Waals surface area contributed by atoms with Crippen LogP contribution in [0.1, 0.15) is 27.2 Å². The third-order valence-electron chi connectivity index (χ3n) is 5.67. The smallest absolute Gasteiger partial charge is 0.418 e. The number of fused-ring (bicyclic) bond motifs is 1. The molecule has 0 unspecified atom stereocenters. The number of aromatic nitrogens is 2. The molecule has 1 atom stereocenters. The zero-order valence-electron chi connectivity index (χ0n) is 19.1. The van der Waals surface area contributed by atoms with E-state index in [-0.39, 0.29) is 38.8 Å². The van der Waals surface area contributed by atoms with Crippen molar-refractivity contribution in [3.63, 3.8) is 0 Å². The van der Waals surface area contributed by atoms with Crippen molar-refractivity contribution in [1.82, 2.24) is 15.3 Å². The molecule has 0 spiro atoms. The predicted octanol–water partition coefficient (Wildman–Crippen LogP) is 6.36. The third-order valence-corrected chi connectivity index (χ3v) is 6.30. The van der Waals surface area contributed by atoms with E-state index in [1.165, 1.54) is 36.5 Å². The highest BCUT2D eigenvalue weighted by Gasteiger charge is 2.35. The molecule has 11 heteroatoms. The second-order valence-electron chi connectivity index (χ2n) is 8.18. The van der Waals surface area contributed by atoms with E-state index in [1.807, 2.05) is 0 Å². The summed E-state index contributed by atoms with van der Waals surface area (Å²) in [4.78, 5) is 33.2. The van der Waals surface area contributed by atoms with Gasteiger partial charge in [-0.05, 0) is 42.8 Å². The minimum absolute atomic E-state index is 0.0549. The van der Waals surface area contributed by atoms with Crippen LogP contribution in [0.2, 0.25) is 10.0 Å². The number of carbonyl (C=O) groups excluding carboxylic acids is 1. The number of pyridine rings is 2. The molecular formula is C26H18Cl2F3N3O3. The Kier molecular flexibility index (Phi) is 7.38.